The Hall–Kier alpha value is -2.58. The van der Waals surface area contributed by atoms with Gasteiger partial charge >= 0.3 is 0 Å². The van der Waals surface area contributed by atoms with Gasteiger partial charge in [-0.15, -0.1) is 5.10 Å². The zero-order valence-corrected chi connectivity index (χ0v) is 16.3. The maximum Gasteiger partial charge on any atom is 0.288 e. The minimum Gasteiger partial charge on any atom is -0.409 e. The zero-order chi connectivity index (χ0) is 18.8. The van der Waals surface area contributed by atoms with Gasteiger partial charge in [0, 0.05) is 44.1 Å². The minimum atomic E-state index is 0.401. The summed E-state index contributed by atoms with van der Waals surface area (Å²) < 4.78 is 7.51. The molecule has 0 amide bonds. The molecular weight excluding hydrogens is 360 g/mol. The molecule has 1 aliphatic rings. The summed E-state index contributed by atoms with van der Waals surface area (Å²) in [4.78, 5) is 13.6. The fraction of sp³-hybridized carbons (Fsp3) is 0.368. The summed E-state index contributed by atoms with van der Waals surface area (Å²) in [5.41, 5.74) is 3.32. The van der Waals surface area contributed by atoms with Crippen molar-refractivity contribution >= 4 is 18.2 Å². The molecule has 0 N–H and O–H groups in total. The Labute approximate surface area is 163 Å². The first-order chi connectivity index (χ1) is 13.1. The average molecular weight is 382 g/mol. The van der Waals surface area contributed by atoms with Crippen LogP contribution < -0.4 is 4.90 Å². The molecule has 0 aliphatic carbocycles. The first kappa shape index (κ1) is 17.8. The van der Waals surface area contributed by atoms with E-state index in [9.17, 15) is 0 Å². The third kappa shape index (κ3) is 4.06. The molecule has 0 radical (unpaired) electrons. The Morgan fingerprint density at radius 2 is 1.67 bits per heavy atom. The molecule has 7 nitrogen and oxygen atoms in total. The standard InChI is InChI=1S/C19H22N6OS/c1-14-10-15(2)12-16(11-14)17-22-25(19(27)26-17)13-23-6-8-24(9-7-23)18-20-4-3-5-21-18/h3-5,10-12H,6-9,13H2,1-2H3. The summed E-state index contributed by atoms with van der Waals surface area (Å²) in [6.45, 7) is 8.29. The summed E-state index contributed by atoms with van der Waals surface area (Å²) >= 11 is 5.38. The number of hydrogen-bond donors (Lipinski definition) is 0. The average Bonchev–Trinajstić information content (AvgIpc) is 3.03. The van der Waals surface area contributed by atoms with E-state index < -0.39 is 0 Å². The zero-order valence-electron chi connectivity index (χ0n) is 15.5. The Balaban J connectivity index is 1.43. The van der Waals surface area contributed by atoms with Crippen molar-refractivity contribution in [3.63, 3.8) is 0 Å². The minimum absolute atomic E-state index is 0.401. The third-order valence-corrected chi connectivity index (χ3v) is 4.91. The van der Waals surface area contributed by atoms with Gasteiger partial charge in [0.2, 0.25) is 11.8 Å². The lowest BCUT2D eigenvalue weighted by Crippen LogP contribution is -2.47. The number of nitrogens with zero attached hydrogens (tertiary/aromatic N) is 6. The maximum absolute atomic E-state index is 5.75. The first-order valence-corrected chi connectivity index (χ1v) is 9.40. The van der Waals surface area contributed by atoms with E-state index >= 15 is 0 Å². The Kier molecular flexibility index (Phi) is 5.00. The SMILES string of the molecule is Cc1cc(C)cc(-c2nn(CN3CCN(c4ncccn4)CC3)c(=S)o2)c1. The molecule has 3 heterocycles. The van der Waals surface area contributed by atoms with E-state index in [1.54, 1.807) is 17.1 Å². The lowest BCUT2D eigenvalue weighted by Gasteiger charge is -2.34. The van der Waals surface area contributed by atoms with Gasteiger partial charge in [0.05, 0.1) is 6.67 Å². The molecule has 1 aromatic carbocycles. The van der Waals surface area contributed by atoms with Gasteiger partial charge in [-0.2, -0.15) is 0 Å². The van der Waals surface area contributed by atoms with Crippen LogP contribution >= 0.6 is 12.2 Å². The predicted molar refractivity (Wildman–Crippen MR) is 106 cm³/mol. The lowest BCUT2D eigenvalue weighted by atomic mass is 10.1. The van der Waals surface area contributed by atoms with Crippen molar-refractivity contribution in [1.82, 2.24) is 24.6 Å². The van der Waals surface area contributed by atoms with Crippen molar-refractivity contribution in [2.75, 3.05) is 31.1 Å². The van der Waals surface area contributed by atoms with E-state index in [0.29, 0.717) is 17.4 Å². The second-order valence-electron chi connectivity index (χ2n) is 6.84. The molecule has 4 rings (SSSR count). The van der Waals surface area contributed by atoms with Crippen LogP contribution in [0.15, 0.2) is 41.1 Å². The third-order valence-electron chi connectivity index (χ3n) is 4.62. The molecule has 3 aromatic rings. The van der Waals surface area contributed by atoms with Gasteiger partial charge in [-0.1, -0.05) is 17.2 Å². The summed E-state index contributed by atoms with van der Waals surface area (Å²) in [5, 5.41) is 4.60. The normalized spacial score (nSPS) is 15.3. The monoisotopic (exact) mass is 382 g/mol. The topological polar surface area (TPSA) is 63.2 Å². The molecule has 8 heteroatoms. The molecule has 0 bridgehead atoms. The van der Waals surface area contributed by atoms with Crippen molar-refractivity contribution in [2.45, 2.75) is 20.5 Å². The number of anilines is 1. The molecule has 2 aromatic heterocycles. The van der Waals surface area contributed by atoms with Crippen LogP contribution in [0.1, 0.15) is 11.1 Å². The van der Waals surface area contributed by atoms with E-state index in [4.69, 9.17) is 16.6 Å². The largest absolute Gasteiger partial charge is 0.409 e. The van der Waals surface area contributed by atoms with Gasteiger partial charge < -0.3 is 9.32 Å². The molecule has 0 spiro atoms. The maximum atomic E-state index is 5.75. The highest BCUT2D eigenvalue weighted by Crippen LogP contribution is 2.21. The lowest BCUT2D eigenvalue weighted by molar-refractivity contribution is 0.191. The fourth-order valence-corrected chi connectivity index (χ4v) is 3.52. The highest BCUT2D eigenvalue weighted by molar-refractivity contribution is 7.71. The predicted octanol–water partition coefficient (Wildman–Crippen LogP) is 3.06. The summed E-state index contributed by atoms with van der Waals surface area (Å²) in [6, 6.07) is 8.09. The number of rotatable bonds is 4. The van der Waals surface area contributed by atoms with Crippen LogP contribution in [-0.4, -0.2) is 50.8 Å². The highest BCUT2D eigenvalue weighted by atomic mass is 32.1. The van der Waals surface area contributed by atoms with E-state index in [2.05, 4.69) is 56.9 Å². The number of benzene rings is 1. The Bertz CT molecular complexity index is 955. The second kappa shape index (κ2) is 7.58. The van der Waals surface area contributed by atoms with Gasteiger partial charge in [0.1, 0.15) is 0 Å². The summed E-state index contributed by atoms with van der Waals surface area (Å²) in [5.74, 6) is 1.36. The first-order valence-electron chi connectivity index (χ1n) is 8.99. The van der Waals surface area contributed by atoms with E-state index in [-0.39, 0.29) is 0 Å². The van der Waals surface area contributed by atoms with Crippen molar-refractivity contribution in [2.24, 2.45) is 0 Å². The van der Waals surface area contributed by atoms with Crippen molar-refractivity contribution in [3.05, 3.63) is 52.6 Å². The van der Waals surface area contributed by atoms with E-state index in [1.165, 1.54) is 11.1 Å². The number of aromatic nitrogens is 4. The second-order valence-corrected chi connectivity index (χ2v) is 7.19. The van der Waals surface area contributed by atoms with Crippen LogP contribution in [0, 0.1) is 18.7 Å². The highest BCUT2D eigenvalue weighted by Gasteiger charge is 2.20. The van der Waals surface area contributed by atoms with Crippen molar-refractivity contribution in [1.29, 1.82) is 0 Å². The fourth-order valence-electron chi connectivity index (χ4n) is 3.34. The van der Waals surface area contributed by atoms with E-state index in [1.807, 2.05) is 6.07 Å². The van der Waals surface area contributed by atoms with Crippen LogP contribution in [0.4, 0.5) is 5.95 Å². The van der Waals surface area contributed by atoms with Gasteiger partial charge in [-0.05, 0) is 44.3 Å². The van der Waals surface area contributed by atoms with Crippen LogP contribution in [0.3, 0.4) is 0 Å². The Morgan fingerprint density at radius 1 is 1.00 bits per heavy atom. The van der Waals surface area contributed by atoms with Gasteiger partial charge in [0.25, 0.3) is 4.84 Å². The van der Waals surface area contributed by atoms with E-state index in [0.717, 1.165) is 37.7 Å². The smallest absolute Gasteiger partial charge is 0.288 e. The molecule has 140 valence electrons. The van der Waals surface area contributed by atoms with Crippen LogP contribution in [-0.2, 0) is 6.67 Å². The van der Waals surface area contributed by atoms with Gasteiger partial charge in [-0.3, -0.25) is 4.90 Å². The van der Waals surface area contributed by atoms with Crippen LogP contribution in [0.25, 0.3) is 11.5 Å². The van der Waals surface area contributed by atoms with Crippen LogP contribution in [0.2, 0.25) is 0 Å². The molecule has 0 atom stereocenters. The van der Waals surface area contributed by atoms with Gasteiger partial charge in [0.15, 0.2) is 0 Å². The Morgan fingerprint density at radius 3 is 2.33 bits per heavy atom. The molecule has 27 heavy (non-hydrogen) atoms. The van der Waals surface area contributed by atoms with Gasteiger partial charge in [-0.25, -0.2) is 14.6 Å². The quantitative estimate of drug-likeness (QED) is 0.643. The molecule has 1 aliphatic heterocycles. The van der Waals surface area contributed by atoms with Crippen molar-refractivity contribution in [3.8, 4) is 11.5 Å². The summed E-state index contributed by atoms with van der Waals surface area (Å²) in [7, 11) is 0. The molecule has 1 fully saturated rings. The molecule has 0 unspecified atom stereocenters. The molecule has 1 saturated heterocycles. The van der Waals surface area contributed by atoms with Crippen LogP contribution in [0.5, 0.6) is 0 Å². The van der Waals surface area contributed by atoms with Crippen molar-refractivity contribution < 1.29 is 4.42 Å². The number of aryl methyl sites for hydroxylation is 2. The number of hydrogen-bond acceptors (Lipinski definition) is 7. The number of piperazine rings is 1. The molecule has 0 saturated carbocycles. The molecular formula is C19H22N6OS. The summed E-state index contributed by atoms with van der Waals surface area (Å²) in [6.07, 6.45) is 3.55.